The molecule has 0 radical (unpaired) electrons. The fraction of sp³-hybridized carbons (Fsp3) is 0.400. The van der Waals surface area contributed by atoms with Gasteiger partial charge in [0.05, 0.1) is 6.73 Å². The Hall–Kier alpha value is -1.00. The molecule has 4 heteroatoms. The van der Waals surface area contributed by atoms with Crippen LogP contribution in [0.5, 0.6) is 0 Å². The molecule has 14 heavy (non-hydrogen) atoms. The molecule has 0 heterocycles. The Morgan fingerprint density at radius 2 is 2.07 bits per heavy atom. The van der Waals surface area contributed by atoms with Crippen molar-refractivity contribution in [3.63, 3.8) is 0 Å². The zero-order valence-corrected chi connectivity index (χ0v) is 8.02. The minimum atomic E-state index is -0.807. The highest BCUT2D eigenvalue weighted by molar-refractivity contribution is 5.17. The molecule has 0 bridgehead atoms. The second-order valence-corrected chi connectivity index (χ2v) is 2.93. The van der Waals surface area contributed by atoms with Crippen LogP contribution >= 0.6 is 0 Å². The van der Waals surface area contributed by atoms with Gasteiger partial charge in [-0.2, -0.15) is 0 Å². The van der Waals surface area contributed by atoms with Crippen LogP contribution in [0.1, 0.15) is 5.56 Å². The van der Waals surface area contributed by atoms with Gasteiger partial charge in [0.25, 0.3) is 0 Å². The van der Waals surface area contributed by atoms with Gasteiger partial charge in [-0.05, 0) is 24.1 Å². The van der Waals surface area contributed by atoms with E-state index in [-0.39, 0.29) is 0 Å². The Bertz CT molecular complexity index is 291. The van der Waals surface area contributed by atoms with E-state index in [1.165, 1.54) is 6.07 Å². The molecule has 2 nitrogen and oxygen atoms in total. The van der Waals surface area contributed by atoms with E-state index in [9.17, 15) is 8.78 Å². The van der Waals surface area contributed by atoms with Gasteiger partial charge in [0.1, 0.15) is 0 Å². The number of benzene rings is 1. The van der Waals surface area contributed by atoms with Crippen LogP contribution in [-0.2, 0) is 11.2 Å². The summed E-state index contributed by atoms with van der Waals surface area (Å²) in [5.74, 6) is -1.60. The van der Waals surface area contributed by atoms with E-state index < -0.39 is 11.6 Å². The van der Waals surface area contributed by atoms with E-state index in [1.54, 1.807) is 13.2 Å². The molecule has 0 aliphatic heterocycles. The summed E-state index contributed by atoms with van der Waals surface area (Å²) < 4.78 is 30.0. The van der Waals surface area contributed by atoms with Crippen LogP contribution in [0.25, 0.3) is 0 Å². The average molecular weight is 201 g/mol. The molecule has 1 rings (SSSR count). The third kappa shape index (κ3) is 3.40. The first kappa shape index (κ1) is 11.1. The second kappa shape index (κ2) is 5.67. The lowest BCUT2D eigenvalue weighted by Gasteiger charge is -2.03. The van der Waals surface area contributed by atoms with Crippen molar-refractivity contribution in [2.75, 3.05) is 20.4 Å². The van der Waals surface area contributed by atoms with Crippen LogP contribution in [0, 0.1) is 11.6 Å². The lowest BCUT2D eigenvalue weighted by Crippen LogP contribution is -2.19. The molecular formula is C10H13F2NO. The van der Waals surface area contributed by atoms with Crippen molar-refractivity contribution in [1.29, 1.82) is 0 Å². The summed E-state index contributed by atoms with van der Waals surface area (Å²) in [6.45, 7) is 1.14. The Balaban J connectivity index is 2.39. The number of hydrogen-bond acceptors (Lipinski definition) is 2. The smallest absolute Gasteiger partial charge is 0.159 e. The molecule has 1 N–H and O–H groups in total. The molecule has 0 aromatic heterocycles. The van der Waals surface area contributed by atoms with E-state index in [2.05, 4.69) is 5.32 Å². The molecule has 1 aromatic rings. The van der Waals surface area contributed by atoms with Crippen LogP contribution in [0.3, 0.4) is 0 Å². The van der Waals surface area contributed by atoms with Crippen molar-refractivity contribution in [2.24, 2.45) is 0 Å². The van der Waals surface area contributed by atoms with Crippen LogP contribution < -0.4 is 5.32 Å². The number of methoxy groups -OCH3 is 1. The van der Waals surface area contributed by atoms with Gasteiger partial charge in [-0.3, -0.25) is 5.32 Å². The molecule has 0 spiro atoms. The zero-order valence-electron chi connectivity index (χ0n) is 8.02. The number of hydrogen-bond donors (Lipinski definition) is 1. The van der Waals surface area contributed by atoms with Crippen molar-refractivity contribution in [3.05, 3.63) is 35.4 Å². The first-order valence-corrected chi connectivity index (χ1v) is 4.37. The van der Waals surface area contributed by atoms with Gasteiger partial charge in [0, 0.05) is 13.7 Å². The first-order chi connectivity index (χ1) is 6.74. The van der Waals surface area contributed by atoms with E-state index in [1.807, 2.05) is 0 Å². The monoisotopic (exact) mass is 201 g/mol. The zero-order chi connectivity index (χ0) is 10.4. The molecule has 1 aromatic carbocycles. The number of halogens is 2. The molecule has 0 amide bonds. The predicted molar refractivity (Wildman–Crippen MR) is 49.9 cm³/mol. The molecule has 0 aliphatic carbocycles. The molecule has 0 unspecified atom stereocenters. The van der Waals surface area contributed by atoms with Crippen molar-refractivity contribution < 1.29 is 13.5 Å². The fourth-order valence-electron chi connectivity index (χ4n) is 1.10. The van der Waals surface area contributed by atoms with Gasteiger partial charge in [-0.1, -0.05) is 6.07 Å². The highest BCUT2D eigenvalue weighted by Crippen LogP contribution is 2.08. The molecule has 0 atom stereocenters. The molecular weight excluding hydrogens is 188 g/mol. The largest absolute Gasteiger partial charge is 0.370 e. The summed E-state index contributed by atoms with van der Waals surface area (Å²) in [5, 5.41) is 2.98. The fourth-order valence-corrected chi connectivity index (χ4v) is 1.10. The Morgan fingerprint density at radius 1 is 1.29 bits per heavy atom. The highest BCUT2D eigenvalue weighted by Gasteiger charge is 2.01. The van der Waals surface area contributed by atoms with Gasteiger partial charge in [0.15, 0.2) is 11.6 Å². The summed E-state index contributed by atoms with van der Waals surface area (Å²) in [6.07, 6.45) is 0.653. The normalized spacial score (nSPS) is 10.5. The van der Waals surface area contributed by atoms with Gasteiger partial charge in [-0.15, -0.1) is 0 Å². The summed E-state index contributed by atoms with van der Waals surface area (Å²) in [5.41, 5.74) is 0.771. The lowest BCUT2D eigenvalue weighted by atomic mass is 10.1. The number of ether oxygens (including phenoxy) is 1. The van der Waals surface area contributed by atoms with Crippen molar-refractivity contribution in [2.45, 2.75) is 6.42 Å². The number of rotatable bonds is 5. The quantitative estimate of drug-likeness (QED) is 0.578. The van der Waals surface area contributed by atoms with Crippen LogP contribution in [0.4, 0.5) is 8.78 Å². The minimum Gasteiger partial charge on any atom is -0.370 e. The van der Waals surface area contributed by atoms with Gasteiger partial charge in [0.2, 0.25) is 0 Å². The van der Waals surface area contributed by atoms with Crippen LogP contribution in [0.2, 0.25) is 0 Å². The second-order valence-electron chi connectivity index (χ2n) is 2.93. The lowest BCUT2D eigenvalue weighted by molar-refractivity contribution is 0.176. The summed E-state index contributed by atoms with van der Waals surface area (Å²) >= 11 is 0. The van der Waals surface area contributed by atoms with E-state index in [0.717, 1.165) is 11.6 Å². The summed E-state index contributed by atoms with van der Waals surface area (Å²) in [7, 11) is 1.59. The predicted octanol–water partition coefficient (Wildman–Crippen LogP) is 1.70. The van der Waals surface area contributed by atoms with E-state index in [4.69, 9.17) is 4.74 Å². The topological polar surface area (TPSA) is 21.3 Å². The molecule has 0 saturated heterocycles. The molecule has 78 valence electrons. The van der Waals surface area contributed by atoms with Crippen molar-refractivity contribution >= 4 is 0 Å². The summed E-state index contributed by atoms with van der Waals surface area (Å²) in [4.78, 5) is 0. The van der Waals surface area contributed by atoms with Crippen molar-refractivity contribution in [3.8, 4) is 0 Å². The number of nitrogens with one attached hydrogen (secondary N) is 1. The van der Waals surface area contributed by atoms with Crippen LogP contribution in [0.15, 0.2) is 18.2 Å². The van der Waals surface area contributed by atoms with E-state index >= 15 is 0 Å². The maximum atomic E-state index is 12.7. The van der Waals surface area contributed by atoms with E-state index in [0.29, 0.717) is 19.7 Å². The molecule has 0 saturated carbocycles. The third-order valence-electron chi connectivity index (χ3n) is 1.82. The van der Waals surface area contributed by atoms with Crippen molar-refractivity contribution in [1.82, 2.24) is 5.32 Å². The maximum Gasteiger partial charge on any atom is 0.159 e. The van der Waals surface area contributed by atoms with Gasteiger partial charge >= 0.3 is 0 Å². The Labute approximate surface area is 81.9 Å². The molecule has 0 aliphatic rings. The SMILES string of the molecule is COCNCCc1ccc(F)c(F)c1. The molecule has 0 fully saturated rings. The standard InChI is InChI=1S/C10H13F2NO/c1-14-7-13-5-4-8-2-3-9(11)10(12)6-8/h2-3,6,13H,4-5,7H2,1H3. The Morgan fingerprint density at radius 3 is 2.71 bits per heavy atom. The maximum absolute atomic E-state index is 12.7. The third-order valence-corrected chi connectivity index (χ3v) is 1.82. The minimum absolute atomic E-state index is 0.462. The average Bonchev–Trinajstić information content (AvgIpc) is 2.18. The highest BCUT2D eigenvalue weighted by atomic mass is 19.2. The van der Waals surface area contributed by atoms with Gasteiger partial charge < -0.3 is 4.74 Å². The Kier molecular flexibility index (Phi) is 4.49. The van der Waals surface area contributed by atoms with Crippen LogP contribution in [-0.4, -0.2) is 20.4 Å². The van der Waals surface area contributed by atoms with Gasteiger partial charge in [-0.25, -0.2) is 8.78 Å². The summed E-state index contributed by atoms with van der Waals surface area (Å²) in [6, 6.07) is 3.93. The first-order valence-electron chi connectivity index (χ1n) is 4.37.